The lowest BCUT2D eigenvalue weighted by Crippen LogP contribution is -2.31. The largest absolute Gasteiger partial charge is 0.376 e. The lowest BCUT2D eigenvalue weighted by atomic mass is 9.89. The number of carbonyl (C=O) groups excluding carboxylic acids is 1. The Bertz CT molecular complexity index is 1230. The third-order valence-corrected chi connectivity index (χ3v) is 8.92. The molecule has 1 saturated heterocycles. The third kappa shape index (κ3) is 4.95. The Balaban J connectivity index is 1.40. The van der Waals surface area contributed by atoms with E-state index in [2.05, 4.69) is 12.2 Å². The predicted molar refractivity (Wildman–Crippen MR) is 138 cm³/mol. The van der Waals surface area contributed by atoms with Crippen molar-refractivity contribution in [2.24, 2.45) is 5.92 Å². The molecule has 0 spiro atoms. The van der Waals surface area contributed by atoms with Crippen LogP contribution >= 0.6 is 23.1 Å². The van der Waals surface area contributed by atoms with Crippen molar-refractivity contribution in [1.82, 2.24) is 14.9 Å². The van der Waals surface area contributed by atoms with Gasteiger partial charge in [-0.2, -0.15) is 0 Å². The van der Waals surface area contributed by atoms with E-state index in [-0.39, 0.29) is 29.4 Å². The molecule has 0 bridgehead atoms. The number of carbonyl (C=O) groups is 1. The van der Waals surface area contributed by atoms with Crippen LogP contribution in [0.2, 0.25) is 0 Å². The molecule has 34 heavy (non-hydrogen) atoms. The second-order valence-corrected chi connectivity index (χ2v) is 11.5. The number of benzene rings is 1. The van der Waals surface area contributed by atoms with Crippen LogP contribution in [0.3, 0.4) is 0 Å². The van der Waals surface area contributed by atoms with E-state index in [1.807, 2.05) is 37.3 Å². The van der Waals surface area contributed by atoms with E-state index in [1.165, 1.54) is 22.2 Å². The van der Waals surface area contributed by atoms with Gasteiger partial charge in [0.25, 0.3) is 5.56 Å². The third-order valence-electron chi connectivity index (χ3n) is 6.80. The topological polar surface area (TPSA) is 73.2 Å². The molecule has 8 heteroatoms. The highest BCUT2D eigenvalue weighted by atomic mass is 32.2. The highest BCUT2D eigenvalue weighted by Gasteiger charge is 2.26. The van der Waals surface area contributed by atoms with Gasteiger partial charge in [-0.05, 0) is 56.1 Å². The molecular weight excluding hydrogens is 466 g/mol. The lowest BCUT2D eigenvalue weighted by molar-refractivity contribution is -0.119. The minimum atomic E-state index is -0.0789. The molecular formula is C26H31N3O3S2. The van der Waals surface area contributed by atoms with Crippen molar-refractivity contribution >= 4 is 39.2 Å². The summed E-state index contributed by atoms with van der Waals surface area (Å²) >= 11 is 3.00. The van der Waals surface area contributed by atoms with Gasteiger partial charge in [-0.3, -0.25) is 14.2 Å². The molecule has 2 aliphatic rings. The van der Waals surface area contributed by atoms with Gasteiger partial charge in [0.15, 0.2) is 5.16 Å². The first kappa shape index (κ1) is 23.6. The molecule has 2 aromatic heterocycles. The van der Waals surface area contributed by atoms with E-state index in [4.69, 9.17) is 9.72 Å². The van der Waals surface area contributed by atoms with Crippen molar-refractivity contribution in [3.8, 4) is 0 Å². The number of amides is 1. The van der Waals surface area contributed by atoms with Crippen molar-refractivity contribution in [3.05, 3.63) is 56.7 Å². The van der Waals surface area contributed by atoms with E-state index in [0.717, 1.165) is 54.5 Å². The summed E-state index contributed by atoms with van der Waals surface area (Å²) in [5.74, 6) is 0.778. The van der Waals surface area contributed by atoms with Gasteiger partial charge in [0.05, 0.1) is 29.8 Å². The van der Waals surface area contributed by atoms with Crippen LogP contribution < -0.4 is 10.9 Å². The number of nitrogens with one attached hydrogen (secondary N) is 1. The molecule has 1 aliphatic heterocycles. The van der Waals surface area contributed by atoms with E-state index in [9.17, 15) is 9.59 Å². The molecule has 3 atom stereocenters. The maximum absolute atomic E-state index is 13.7. The zero-order chi connectivity index (χ0) is 23.7. The first-order valence-corrected chi connectivity index (χ1v) is 13.9. The number of thiophene rings is 1. The standard InChI is InChI=1S/C26H31N3O3S2/c1-16-10-11-20-21(13-16)34-24-23(20)25(31)29(14-19-9-6-12-32-19)26(28-24)33-15-22(30)27-17(2)18-7-4-3-5-8-18/h3-5,7-8,16-17,19H,6,9-15H2,1-2H3,(H,27,30). The number of thioether (sulfide) groups is 1. The molecule has 180 valence electrons. The van der Waals surface area contributed by atoms with E-state index in [1.54, 1.807) is 15.9 Å². The molecule has 0 radical (unpaired) electrons. The molecule has 1 aliphatic carbocycles. The first-order valence-electron chi connectivity index (χ1n) is 12.1. The quantitative estimate of drug-likeness (QED) is 0.377. The Morgan fingerprint density at radius 3 is 2.91 bits per heavy atom. The maximum Gasteiger partial charge on any atom is 0.263 e. The molecule has 5 rings (SSSR count). The van der Waals surface area contributed by atoms with Crippen LogP contribution in [0.4, 0.5) is 0 Å². The van der Waals surface area contributed by atoms with Gasteiger partial charge in [-0.1, -0.05) is 49.0 Å². The number of hydrogen-bond donors (Lipinski definition) is 1. The zero-order valence-corrected chi connectivity index (χ0v) is 21.3. The minimum absolute atomic E-state index is 0.0214. The van der Waals surface area contributed by atoms with E-state index < -0.39 is 0 Å². The lowest BCUT2D eigenvalue weighted by Gasteiger charge is -2.18. The molecule has 3 unspecified atom stereocenters. The summed E-state index contributed by atoms with van der Waals surface area (Å²) < 4.78 is 7.61. The van der Waals surface area contributed by atoms with E-state index >= 15 is 0 Å². The Morgan fingerprint density at radius 2 is 2.15 bits per heavy atom. The summed E-state index contributed by atoms with van der Waals surface area (Å²) in [6.45, 7) is 5.48. The van der Waals surface area contributed by atoms with Crippen LogP contribution in [0.15, 0.2) is 40.3 Å². The Labute approximate surface area is 208 Å². The van der Waals surface area contributed by atoms with Crippen LogP contribution in [0, 0.1) is 5.92 Å². The fraction of sp³-hybridized carbons (Fsp3) is 0.500. The number of aryl methyl sites for hydroxylation is 1. The molecule has 1 fully saturated rings. The van der Waals surface area contributed by atoms with Crippen LogP contribution in [0.25, 0.3) is 10.2 Å². The molecule has 1 amide bonds. The molecule has 6 nitrogen and oxygen atoms in total. The number of fused-ring (bicyclic) bond motifs is 3. The number of nitrogens with zero attached hydrogens (tertiary/aromatic N) is 2. The fourth-order valence-electron chi connectivity index (χ4n) is 4.91. The van der Waals surface area contributed by atoms with Gasteiger partial charge in [0.1, 0.15) is 4.83 Å². The number of rotatable bonds is 7. The first-order chi connectivity index (χ1) is 16.5. The van der Waals surface area contributed by atoms with Crippen molar-refractivity contribution in [2.45, 2.75) is 69.8 Å². The smallest absolute Gasteiger partial charge is 0.263 e. The predicted octanol–water partition coefficient (Wildman–Crippen LogP) is 4.73. The summed E-state index contributed by atoms with van der Waals surface area (Å²) in [6.07, 6.45) is 5.06. The summed E-state index contributed by atoms with van der Waals surface area (Å²) in [5.41, 5.74) is 2.28. The maximum atomic E-state index is 13.7. The molecule has 3 aromatic rings. The number of ether oxygens (including phenoxy) is 1. The average molecular weight is 498 g/mol. The highest BCUT2D eigenvalue weighted by molar-refractivity contribution is 7.99. The Morgan fingerprint density at radius 1 is 1.32 bits per heavy atom. The highest BCUT2D eigenvalue weighted by Crippen LogP contribution is 2.36. The summed E-state index contributed by atoms with van der Waals surface area (Å²) in [6, 6.07) is 9.84. The average Bonchev–Trinajstić information content (AvgIpc) is 3.47. The number of aromatic nitrogens is 2. The summed E-state index contributed by atoms with van der Waals surface area (Å²) in [4.78, 5) is 33.5. The van der Waals surface area contributed by atoms with Gasteiger partial charge in [0.2, 0.25) is 5.91 Å². The van der Waals surface area contributed by atoms with E-state index in [0.29, 0.717) is 17.6 Å². The second kappa shape index (κ2) is 10.2. The Kier molecular flexibility index (Phi) is 7.09. The Hall–Kier alpha value is -2.16. The summed E-state index contributed by atoms with van der Waals surface area (Å²) in [7, 11) is 0. The van der Waals surface area contributed by atoms with Gasteiger partial charge >= 0.3 is 0 Å². The van der Waals surface area contributed by atoms with Crippen molar-refractivity contribution in [2.75, 3.05) is 12.4 Å². The molecule has 1 N–H and O–H groups in total. The van der Waals surface area contributed by atoms with Crippen molar-refractivity contribution in [1.29, 1.82) is 0 Å². The van der Waals surface area contributed by atoms with Crippen LogP contribution in [0.5, 0.6) is 0 Å². The monoisotopic (exact) mass is 497 g/mol. The molecule has 1 aromatic carbocycles. The molecule has 0 saturated carbocycles. The normalized spacial score (nSPS) is 20.9. The number of hydrogen-bond acceptors (Lipinski definition) is 6. The van der Waals surface area contributed by atoms with Gasteiger partial charge in [-0.25, -0.2) is 4.98 Å². The summed E-state index contributed by atoms with van der Waals surface area (Å²) in [5, 5.41) is 4.46. The fourth-order valence-corrected chi connectivity index (χ4v) is 7.15. The van der Waals surface area contributed by atoms with Gasteiger partial charge < -0.3 is 10.1 Å². The van der Waals surface area contributed by atoms with Gasteiger partial charge in [0, 0.05) is 11.5 Å². The van der Waals surface area contributed by atoms with Gasteiger partial charge in [-0.15, -0.1) is 11.3 Å². The SMILES string of the molecule is CC1CCc2c(sc3nc(SCC(=O)NC(C)c4ccccc4)n(CC4CCCO4)c(=O)c23)C1. The van der Waals surface area contributed by atoms with Crippen molar-refractivity contribution in [3.63, 3.8) is 0 Å². The van der Waals surface area contributed by atoms with Crippen LogP contribution in [0.1, 0.15) is 55.2 Å². The second-order valence-electron chi connectivity index (χ2n) is 9.47. The zero-order valence-electron chi connectivity index (χ0n) is 19.7. The van der Waals surface area contributed by atoms with Crippen molar-refractivity contribution < 1.29 is 9.53 Å². The molecule has 3 heterocycles. The minimum Gasteiger partial charge on any atom is -0.376 e. The van der Waals surface area contributed by atoms with Crippen LogP contribution in [-0.2, 0) is 28.9 Å². The van der Waals surface area contributed by atoms with Crippen LogP contribution in [-0.4, -0.2) is 33.9 Å².